The van der Waals surface area contributed by atoms with Gasteiger partial charge >= 0.3 is 5.97 Å². The van der Waals surface area contributed by atoms with E-state index >= 15 is 0 Å². The van der Waals surface area contributed by atoms with Gasteiger partial charge in [0, 0.05) is 7.11 Å². The van der Waals surface area contributed by atoms with Crippen molar-refractivity contribution in [1.82, 2.24) is 10.1 Å². The van der Waals surface area contributed by atoms with E-state index in [1.807, 2.05) is 0 Å². The fourth-order valence-electron chi connectivity index (χ4n) is 2.35. The Morgan fingerprint density at radius 2 is 2.06 bits per heavy atom. The number of carbonyl (C=O) groups is 1. The number of hydrogen-bond acceptors (Lipinski definition) is 6. The molecule has 1 aliphatic carbocycles. The van der Waals surface area contributed by atoms with Crippen LogP contribution in [0.1, 0.15) is 43.8 Å². The molecule has 0 saturated heterocycles. The van der Waals surface area contributed by atoms with E-state index in [0.717, 1.165) is 25.7 Å². The molecule has 6 nitrogen and oxygen atoms in total. The number of aromatic nitrogens is 2. The van der Waals surface area contributed by atoms with E-state index in [9.17, 15) is 4.79 Å². The van der Waals surface area contributed by atoms with Gasteiger partial charge in [-0.3, -0.25) is 4.79 Å². The van der Waals surface area contributed by atoms with Crippen LogP contribution in [0.5, 0.6) is 0 Å². The molecule has 6 heteroatoms. The zero-order valence-corrected chi connectivity index (χ0v) is 10.8. The highest BCUT2D eigenvalue weighted by Gasteiger charge is 2.38. The summed E-state index contributed by atoms with van der Waals surface area (Å²) in [5, 5.41) is 3.95. The molecule has 100 valence electrons. The van der Waals surface area contributed by atoms with Gasteiger partial charge in [-0.1, -0.05) is 24.4 Å². The van der Waals surface area contributed by atoms with Crippen molar-refractivity contribution in [3.8, 4) is 0 Å². The molecule has 1 aromatic heterocycles. The van der Waals surface area contributed by atoms with E-state index in [-0.39, 0.29) is 18.3 Å². The van der Waals surface area contributed by atoms with Gasteiger partial charge in [0.2, 0.25) is 11.7 Å². The maximum atomic E-state index is 11.1. The smallest absolute Gasteiger partial charge is 0.315 e. The maximum absolute atomic E-state index is 11.1. The van der Waals surface area contributed by atoms with Crippen LogP contribution in [-0.4, -0.2) is 30.3 Å². The van der Waals surface area contributed by atoms with E-state index in [0.29, 0.717) is 5.82 Å². The molecule has 1 aliphatic rings. The maximum Gasteiger partial charge on any atom is 0.315 e. The van der Waals surface area contributed by atoms with Crippen LogP contribution in [-0.2, 0) is 26.3 Å². The van der Waals surface area contributed by atoms with Crippen molar-refractivity contribution in [2.45, 2.75) is 44.1 Å². The average molecular weight is 254 g/mol. The summed E-state index contributed by atoms with van der Waals surface area (Å²) in [5.41, 5.74) is -0.448. The van der Waals surface area contributed by atoms with E-state index in [1.165, 1.54) is 13.5 Å². The largest absolute Gasteiger partial charge is 0.469 e. The number of ether oxygens (including phenoxy) is 2. The summed E-state index contributed by atoms with van der Waals surface area (Å²) in [5.74, 6) is 0.433. The summed E-state index contributed by atoms with van der Waals surface area (Å²) in [4.78, 5) is 15.4. The van der Waals surface area contributed by atoms with Gasteiger partial charge in [0.05, 0.1) is 7.11 Å². The third-order valence-corrected chi connectivity index (χ3v) is 3.45. The number of carbonyl (C=O) groups excluding carboxylic acids is 1. The summed E-state index contributed by atoms with van der Waals surface area (Å²) in [6.07, 6.45) is 5.17. The van der Waals surface area contributed by atoms with Gasteiger partial charge in [0.1, 0.15) is 12.0 Å². The molecule has 0 atom stereocenters. The minimum Gasteiger partial charge on any atom is -0.469 e. The van der Waals surface area contributed by atoms with E-state index in [1.54, 1.807) is 7.11 Å². The van der Waals surface area contributed by atoms with Crippen molar-refractivity contribution in [1.29, 1.82) is 0 Å². The fraction of sp³-hybridized carbons (Fsp3) is 0.750. The topological polar surface area (TPSA) is 74.5 Å². The third kappa shape index (κ3) is 2.53. The van der Waals surface area contributed by atoms with Crippen molar-refractivity contribution in [2.24, 2.45) is 0 Å². The van der Waals surface area contributed by atoms with Crippen molar-refractivity contribution in [2.75, 3.05) is 14.2 Å². The Bertz CT molecular complexity index is 410. The lowest BCUT2D eigenvalue weighted by molar-refractivity contribution is -0.140. The van der Waals surface area contributed by atoms with Crippen LogP contribution in [0.2, 0.25) is 0 Å². The molecule has 0 N–H and O–H groups in total. The Balaban J connectivity index is 2.14. The Kier molecular flexibility index (Phi) is 3.96. The lowest BCUT2D eigenvalue weighted by Crippen LogP contribution is -2.32. The molecule has 1 heterocycles. The molecule has 2 rings (SSSR count). The fourth-order valence-corrected chi connectivity index (χ4v) is 2.35. The first-order chi connectivity index (χ1) is 8.70. The normalized spacial score (nSPS) is 18.6. The molecule has 0 unspecified atom stereocenters. The highest BCUT2D eigenvalue weighted by atomic mass is 16.5. The SMILES string of the molecule is COC(=O)Cc1nc(C2(OC)CCCCC2)no1. The molecule has 0 aliphatic heterocycles. The molecule has 0 spiro atoms. The first-order valence-electron chi connectivity index (χ1n) is 6.15. The molecule has 0 amide bonds. The predicted octanol–water partition coefficient (Wildman–Crippen LogP) is 1.59. The summed E-state index contributed by atoms with van der Waals surface area (Å²) in [6.45, 7) is 0. The zero-order valence-electron chi connectivity index (χ0n) is 10.8. The van der Waals surface area contributed by atoms with Crippen LogP contribution in [0, 0.1) is 0 Å². The van der Waals surface area contributed by atoms with Gasteiger partial charge in [0.15, 0.2) is 0 Å². The standard InChI is InChI=1S/C12H18N2O4/c1-16-10(15)8-9-13-11(14-18-9)12(17-2)6-4-3-5-7-12/h3-8H2,1-2H3. The number of methoxy groups -OCH3 is 2. The lowest BCUT2D eigenvalue weighted by atomic mass is 9.84. The highest BCUT2D eigenvalue weighted by Crippen LogP contribution is 2.38. The Labute approximate surface area is 106 Å². The van der Waals surface area contributed by atoms with Gasteiger partial charge in [-0.05, 0) is 12.8 Å². The average Bonchev–Trinajstić information content (AvgIpc) is 2.88. The van der Waals surface area contributed by atoms with Crippen LogP contribution in [0.25, 0.3) is 0 Å². The molecule has 1 saturated carbocycles. The molecule has 1 fully saturated rings. The second-order valence-corrected chi connectivity index (χ2v) is 4.52. The summed E-state index contributed by atoms with van der Waals surface area (Å²) in [6, 6.07) is 0. The summed E-state index contributed by atoms with van der Waals surface area (Å²) < 4.78 is 15.2. The van der Waals surface area contributed by atoms with E-state index < -0.39 is 5.60 Å². The molecule has 0 bridgehead atoms. The molecule has 1 aromatic rings. The van der Waals surface area contributed by atoms with Crippen molar-refractivity contribution in [3.63, 3.8) is 0 Å². The van der Waals surface area contributed by atoms with Crippen LogP contribution in [0.3, 0.4) is 0 Å². The monoisotopic (exact) mass is 254 g/mol. The number of hydrogen-bond donors (Lipinski definition) is 0. The Morgan fingerprint density at radius 1 is 1.33 bits per heavy atom. The van der Waals surface area contributed by atoms with E-state index in [4.69, 9.17) is 9.26 Å². The number of esters is 1. The Morgan fingerprint density at radius 3 is 2.67 bits per heavy atom. The van der Waals surface area contributed by atoms with Crippen LogP contribution < -0.4 is 0 Å². The minimum absolute atomic E-state index is 0.00327. The molecule has 18 heavy (non-hydrogen) atoms. The summed E-state index contributed by atoms with van der Waals surface area (Å²) in [7, 11) is 3.00. The van der Waals surface area contributed by atoms with Gasteiger partial charge < -0.3 is 14.0 Å². The van der Waals surface area contributed by atoms with Gasteiger partial charge in [0.25, 0.3) is 0 Å². The molecular formula is C12H18N2O4. The first kappa shape index (κ1) is 13.0. The predicted molar refractivity (Wildman–Crippen MR) is 61.8 cm³/mol. The van der Waals surface area contributed by atoms with Crippen molar-refractivity contribution in [3.05, 3.63) is 11.7 Å². The van der Waals surface area contributed by atoms with Crippen LogP contribution >= 0.6 is 0 Å². The summed E-state index contributed by atoms with van der Waals surface area (Å²) >= 11 is 0. The number of rotatable bonds is 4. The van der Waals surface area contributed by atoms with Crippen LogP contribution in [0.4, 0.5) is 0 Å². The van der Waals surface area contributed by atoms with Gasteiger partial charge in [-0.15, -0.1) is 0 Å². The van der Waals surface area contributed by atoms with E-state index in [2.05, 4.69) is 14.9 Å². The quantitative estimate of drug-likeness (QED) is 0.759. The van der Waals surface area contributed by atoms with Crippen LogP contribution in [0.15, 0.2) is 4.52 Å². The van der Waals surface area contributed by atoms with Crippen molar-refractivity contribution >= 4 is 5.97 Å². The molecular weight excluding hydrogens is 236 g/mol. The zero-order chi connectivity index (χ0) is 13.0. The Hall–Kier alpha value is -1.43. The highest BCUT2D eigenvalue weighted by molar-refractivity contribution is 5.71. The molecule has 0 radical (unpaired) electrons. The number of nitrogens with zero attached hydrogens (tertiary/aromatic N) is 2. The lowest BCUT2D eigenvalue weighted by Gasteiger charge is -2.32. The second-order valence-electron chi connectivity index (χ2n) is 4.52. The van der Waals surface area contributed by atoms with Gasteiger partial charge in [-0.25, -0.2) is 0 Å². The molecule has 0 aromatic carbocycles. The second kappa shape index (κ2) is 5.48. The first-order valence-corrected chi connectivity index (χ1v) is 6.15. The van der Waals surface area contributed by atoms with Gasteiger partial charge in [-0.2, -0.15) is 4.98 Å². The van der Waals surface area contributed by atoms with Crippen molar-refractivity contribution < 1.29 is 18.8 Å². The minimum atomic E-state index is -0.448. The third-order valence-electron chi connectivity index (χ3n) is 3.45.